The fourth-order valence-corrected chi connectivity index (χ4v) is 6.35. The highest BCUT2D eigenvalue weighted by Crippen LogP contribution is 2.28. The number of hydrogen-bond donors (Lipinski definition) is 0. The molecule has 10 heteroatoms. The summed E-state index contributed by atoms with van der Waals surface area (Å²) in [5, 5.41) is 9.19. The lowest BCUT2D eigenvalue weighted by Gasteiger charge is -2.18. The molecule has 3 aromatic carbocycles. The number of benzene rings is 3. The van der Waals surface area contributed by atoms with Crippen molar-refractivity contribution in [3.63, 3.8) is 0 Å². The number of halogens is 2. The van der Waals surface area contributed by atoms with E-state index in [1.54, 1.807) is 24.3 Å². The quantitative estimate of drug-likeness (QED) is 0.109. The Labute approximate surface area is 251 Å². The monoisotopic (exact) mass is 597 g/mol. The van der Waals surface area contributed by atoms with Crippen LogP contribution in [0.4, 0.5) is 8.78 Å². The Morgan fingerprint density at radius 2 is 1.49 bits per heavy atom. The van der Waals surface area contributed by atoms with Crippen molar-refractivity contribution in [3.8, 4) is 11.1 Å². The molecule has 1 aliphatic rings. The van der Waals surface area contributed by atoms with Gasteiger partial charge in [-0.25, -0.2) is 8.78 Å². The summed E-state index contributed by atoms with van der Waals surface area (Å²) in [6, 6.07) is 21.6. The highest BCUT2D eigenvalue weighted by atomic mass is 32.2. The molecule has 0 saturated heterocycles. The third kappa shape index (κ3) is 6.19. The van der Waals surface area contributed by atoms with Crippen molar-refractivity contribution in [1.82, 2.24) is 24.3 Å². The molecule has 0 radical (unpaired) electrons. The number of carbonyl (C=O) groups excluding carboxylic acids is 1. The molecule has 7 nitrogen and oxygen atoms in total. The summed E-state index contributed by atoms with van der Waals surface area (Å²) >= 11 is 1.41. The molecule has 0 amide bonds. The van der Waals surface area contributed by atoms with Crippen molar-refractivity contribution < 1.29 is 13.6 Å². The highest BCUT2D eigenvalue weighted by Gasteiger charge is 2.24. The largest absolute Gasteiger partial charge is 0.316 e. The SMILES string of the molecule is CC(=O)c1nnc(Cn2c(SCc3ccc(F)cc3)nc(=O)c3c2CCC3)n1Cc1ccc(-c2ccc(CF)cc2)cc1. The van der Waals surface area contributed by atoms with Crippen molar-refractivity contribution in [1.29, 1.82) is 0 Å². The molecule has 0 saturated carbocycles. The van der Waals surface area contributed by atoms with Gasteiger partial charge in [0.05, 0.1) is 13.1 Å². The van der Waals surface area contributed by atoms with Crippen LogP contribution >= 0.6 is 11.8 Å². The van der Waals surface area contributed by atoms with Crippen LogP contribution in [0.2, 0.25) is 0 Å². The second-order valence-corrected chi connectivity index (χ2v) is 11.5. The zero-order valence-corrected chi connectivity index (χ0v) is 24.4. The van der Waals surface area contributed by atoms with E-state index in [9.17, 15) is 18.4 Å². The minimum Gasteiger partial charge on any atom is -0.316 e. The molecule has 0 unspecified atom stereocenters. The van der Waals surface area contributed by atoms with Gasteiger partial charge in [0.15, 0.2) is 22.6 Å². The van der Waals surface area contributed by atoms with E-state index < -0.39 is 6.67 Å². The molecular weight excluding hydrogens is 568 g/mol. The van der Waals surface area contributed by atoms with E-state index in [0.717, 1.165) is 46.4 Å². The summed E-state index contributed by atoms with van der Waals surface area (Å²) < 4.78 is 30.2. The second kappa shape index (κ2) is 12.4. The van der Waals surface area contributed by atoms with Gasteiger partial charge in [0, 0.05) is 23.9 Å². The first kappa shape index (κ1) is 28.7. The van der Waals surface area contributed by atoms with Crippen LogP contribution in [0.25, 0.3) is 11.1 Å². The third-order valence-electron chi connectivity index (χ3n) is 7.66. The van der Waals surface area contributed by atoms with E-state index in [1.807, 2.05) is 45.5 Å². The van der Waals surface area contributed by atoms with E-state index in [2.05, 4.69) is 15.2 Å². The van der Waals surface area contributed by atoms with Crippen molar-refractivity contribution in [2.24, 2.45) is 0 Å². The Bertz CT molecular complexity index is 1830. The molecule has 1 aliphatic carbocycles. The lowest BCUT2D eigenvalue weighted by Crippen LogP contribution is -2.23. The van der Waals surface area contributed by atoms with Gasteiger partial charge >= 0.3 is 0 Å². The van der Waals surface area contributed by atoms with E-state index in [4.69, 9.17) is 0 Å². The molecule has 5 aromatic rings. The number of fused-ring (bicyclic) bond motifs is 1. The number of nitrogens with zero attached hydrogens (tertiary/aromatic N) is 5. The molecule has 0 fully saturated rings. The highest BCUT2D eigenvalue weighted by molar-refractivity contribution is 7.98. The van der Waals surface area contributed by atoms with Gasteiger partial charge in [0.1, 0.15) is 12.5 Å². The molecule has 0 N–H and O–H groups in total. The maximum absolute atomic E-state index is 13.4. The van der Waals surface area contributed by atoms with E-state index in [0.29, 0.717) is 41.8 Å². The second-order valence-electron chi connectivity index (χ2n) is 10.6. The van der Waals surface area contributed by atoms with Gasteiger partial charge in [0.25, 0.3) is 5.56 Å². The number of thioether (sulfide) groups is 1. The van der Waals surface area contributed by atoms with Crippen LogP contribution in [0.3, 0.4) is 0 Å². The molecular formula is C33H29F2N5O2S. The summed E-state index contributed by atoms with van der Waals surface area (Å²) in [5.74, 6) is 0.854. The Balaban J connectivity index is 1.30. The van der Waals surface area contributed by atoms with Gasteiger partial charge in [-0.1, -0.05) is 72.4 Å². The van der Waals surface area contributed by atoms with Crippen molar-refractivity contribution >= 4 is 17.5 Å². The van der Waals surface area contributed by atoms with Crippen LogP contribution in [0, 0.1) is 5.82 Å². The molecule has 0 aliphatic heterocycles. The van der Waals surface area contributed by atoms with Crippen LogP contribution < -0.4 is 5.56 Å². The number of hydrogen-bond acceptors (Lipinski definition) is 6. The lowest BCUT2D eigenvalue weighted by atomic mass is 10.0. The van der Waals surface area contributed by atoms with E-state index >= 15 is 0 Å². The maximum Gasteiger partial charge on any atom is 0.277 e. The fourth-order valence-electron chi connectivity index (χ4n) is 5.38. The zero-order chi connectivity index (χ0) is 29.9. The Kier molecular flexibility index (Phi) is 8.29. The summed E-state index contributed by atoms with van der Waals surface area (Å²) in [6.45, 7) is 1.65. The molecule has 0 spiro atoms. The van der Waals surface area contributed by atoms with Crippen LogP contribution in [-0.2, 0) is 38.4 Å². The van der Waals surface area contributed by atoms with Gasteiger partial charge in [-0.15, -0.1) is 10.2 Å². The maximum atomic E-state index is 13.4. The molecule has 0 bridgehead atoms. The van der Waals surface area contributed by atoms with E-state index in [1.165, 1.54) is 30.8 Å². The third-order valence-corrected chi connectivity index (χ3v) is 8.71. The van der Waals surface area contributed by atoms with Crippen molar-refractivity contribution in [3.05, 3.63) is 129 Å². The first-order valence-corrected chi connectivity index (χ1v) is 15.0. The van der Waals surface area contributed by atoms with Crippen molar-refractivity contribution in [2.75, 3.05) is 0 Å². The molecule has 43 heavy (non-hydrogen) atoms. The molecule has 6 rings (SSSR count). The smallest absolute Gasteiger partial charge is 0.277 e. The molecule has 2 heterocycles. The number of rotatable bonds is 10. The summed E-state index contributed by atoms with van der Waals surface area (Å²) in [7, 11) is 0. The predicted octanol–water partition coefficient (Wildman–Crippen LogP) is 6.19. The molecule has 218 valence electrons. The van der Waals surface area contributed by atoms with Gasteiger partial charge in [-0.3, -0.25) is 9.59 Å². The average molecular weight is 598 g/mol. The van der Waals surface area contributed by atoms with Crippen LogP contribution in [-0.4, -0.2) is 30.1 Å². The summed E-state index contributed by atoms with van der Waals surface area (Å²) in [5.41, 5.74) is 5.95. The fraction of sp³-hybridized carbons (Fsp3) is 0.242. The topological polar surface area (TPSA) is 82.7 Å². The predicted molar refractivity (Wildman–Crippen MR) is 161 cm³/mol. The number of carbonyl (C=O) groups is 1. The van der Waals surface area contributed by atoms with Crippen molar-refractivity contribution in [2.45, 2.75) is 56.9 Å². The number of Topliss-reactive ketones (excluding diaryl/α,β-unsaturated/α-hetero) is 1. The standard InChI is InChI=1S/C33H29F2N5O2S/c1-21(41)31-38-37-30(40(31)18-23-7-13-26(14-8-23)25-11-5-22(17-34)6-12-25)19-39-29-4-2-3-28(29)32(42)36-33(39)43-20-24-9-15-27(35)16-10-24/h5-16H,2-4,17-20H2,1H3. The van der Waals surface area contributed by atoms with Gasteiger partial charge in [-0.05, 0) is 59.2 Å². The van der Waals surface area contributed by atoms with Crippen LogP contribution in [0.15, 0.2) is 82.7 Å². The lowest BCUT2D eigenvalue weighted by molar-refractivity contribution is 0.0999. The van der Waals surface area contributed by atoms with E-state index in [-0.39, 0.29) is 23.0 Å². The molecule has 2 aromatic heterocycles. The minimum absolute atomic E-state index is 0.197. The first-order chi connectivity index (χ1) is 20.9. The Hall–Kier alpha value is -4.44. The Morgan fingerprint density at radius 1 is 0.837 bits per heavy atom. The normalized spacial score (nSPS) is 12.4. The van der Waals surface area contributed by atoms with Gasteiger partial charge < -0.3 is 9.13 Å². The van der Waals surface area contributed by atoms with Gasteiger partial charge in [-0.2, -0.15) is 4.98 Å². The number of aromatic nitrogens is 5. The Morgan fingerprint density at radius 3 is 2.14 bits per heavy atom. The number of alkyl halides is 1. The average Bonchev–Trinajstić information content (AvgIpc) is 3.67. The minimum atomic E-state index is -0.494. The van der Waals surface area contributed by atoms with Crippen LogP contribution in [0.1, 0.15) is 57.7 Å². The summed E-state index contributed by atoms with van der Waals surface area (Å²) in [4.78, 5) is 29.9. The molecule has 0 atom stereocenters. The summed E-state index contributed by atoms with van der Waals surface area (Å²) in [6.07, 6.45) is 2.30. The zero-order valence-electron chi connectivity index (χ0n) is 23.6. The van der Waals surface area contributed by atoms with Crippen LogP contribution in [0.5, 0.6) is 0 Å². The van der Waals surface area contributed by atoms with Gasteiger partial charge in [0.2, 0.25) is 0 Å². The number of ketones is 1. The first-order valence-electron chi connectivity index (χ1n) is 14.1.